The summed E-state index contributed by atoms with van der Waals surface area (Å²) in [5.74, 6) is -0.805. The lowest BCUT2D eigenvalue weighted by molar-refractivity contribution is -0.274. The zero-order valence-corrected chi connectivity index (χ0v) is 18.0. The van der Waals surface area contributed by atoms with Gasteiger partial charge in [0.2, 0.25) is 0 Å². The smallest absolute Gasteiger partial charge is 0.489 e. The maximum atomic E-state index is 12.4. The fourth-order valence-electron chi connectivity index (χ4n) is 2.98. The van der Waals surface area contributed by atoms with E-state index >= 15 is 0 Å². The molecule has 0 spiro atoms. The van der Waals surface area contributed by atoms with Crippen molar-refractivity contribution >= 4 is 29.2 Å². The molecule has 0 saturated heterocycles. The van der Waals surface area contributed by atoms with E-state index < -0.39 is 12.3 Å². The standard InChI is InChI=1S/C23H17Cl2F3O4/c24-18-6-1-17(20(25)12-18)13-31-21-9-4-15(11-16(21)5-10-22(29)30)14-2-7-19(8-3-14)32-23(26,27)28/h1-4,6-9,11-12H,5,10,13H2,(H,29,30). The minimum atomic E-state index is -4.77. The van der Waals surface area contributed by atoms with Crippen LogP contribution in [0.25, 0.3) is 11.1 Å². The topological polar surface area (TPSA) is 55.8 Å². The number of hydrogen-bond acceptors (Lipinski definition) is 3. The third-order valence-electron chi connectivity index (χ3n) is 4.49. The van der Waals surface area contributed by atoms with Crippen LogP contribution in [0.2, 0.25) is 10.0 Å². The van der Waals surface area contributed by atoms with Crippen molar-refractivity contribution < 1.29 is 32.5 Å². The molecule has 0 fully saturated rings. The van der Waals surface area contributed by atoms with E-state index in [1.807, 2.05) is 0 Å². The molecule has 0 aliphatic carbocycles. The molecule has 0 amide bonds. The van der Waals surface area contributed by atoms with Crippen LogP contribution in [0.4, 0.5) is 13.2 Å². The Labute approximate surface area is 192 Å². The van der Waals surface area contributed by atoms with E-state index in [0.29, 0.717) is 38.0 Å². The minimum Gasteiger partial charge on any atom is -0.489 e. The highest BCUT2D eigenvalue weighted by atomic mass is 35.5. The maximum Gasteiger partial charge on any atom is 0.573 e. The van der Waals surface area contributed by atoms with Gasteiger partial charge in [0.25, 0.3) is 0 Å². The Morgan fingerprint density at radius 2 is 1.59 bits per heavy atom. The summed E-state index contributed by atoms with van der Waals surface area (Å²) in [7, 11) is 0. The van der Waals surface area contributed by atoms with Gasteiger partial charge in [-0.2, -0.15) is 0 Å². The third-order valence-corrected chi connectivity index (χ3v) is 5.08. The molecule has 4 nitrogen and oxygen atoms in total. The first kappa shape index (κ1) is 23.8. The van der Waals surface area contributed by atoms with Crippen molar-refractivity contribution in [2.24, 2.45) is 0 Å². The average Bonchev–Trinajstić information content (AvgIpc) is 2.71. The number of alkyl halides is 3. The molecule has 3 aromatic rings. The van der Waals surface area contributed by atoms with Crippen molar-refractivity contribution in [1.82, 2.24) is 0 Å². The molecule has 0 radical (unpaired) electrons. The fourth-order valence-corrected chi connectivity index (χ4v) is 3.44. The van der Waals surface area contributed by atoms with E-state index in [0.717, 1.165) is 0 Å². The van der Waals surface area contributed by atoms with Crippen LogP contribution in [-0.2, 0) is 17.8 Å². The molecule has 0 saturated carbocycles. The number of aliphatic carboxylic acids is 1. The van der Waals surface area contributed by atoms with E-state index in [1.54, 1.807) is 36.4 Å². The zero-order chi connectivity index (χ0) is 23.3. The molecule has 0 aliphatic heterocycles. The molecular weight excluding hydrogens is 468 g/mol. The normalized spacial score (nSPS) is 11.3. The molecule has 9 heteroatoms. The number of benzene rings is 3. The number of aryl methyl sites for hydroxylation is 1. The number of carboxylic acid groups (broad SMARTS) is 1. The van der Waals surface area contributed by atoms with Crippen LogP contribution in [-0.4, -0.2) is 17.4 Å². The lowest BCUT2D eigenvalue weighted by Gasteiger charge is -2.14. The van der Waals surface area contributed by atoms with Crippen LogP contribution in [0, 0.1) is 0 Å². The first-order chi connectivity index (χ1) is 15.1. The highest BCUT2D eigenvalue weighted by Gasteiger charge is 2.31. The van der Waals surface area contributed by atoms with Gasteiger partial charge in [-0.05, 0) is 59.5 Å². The Morgan fingerprint density at radius 3 is 2.22 bits per heavy atom. The van der Waals surface area contributed by atoms with Crippen LogP contribution in [0.15, 0.2) is 60.7 Å². The Morgan fingerprint density at radius 1 is 0.906 bits per heavy atom. The summed E-state index contributed by atoms with van der Waals surface area (Å²) in [5, 5.41) is 10.0. The summed E-state index contributed by atoms with van der Waals surface area (Å²) in [4.78, 5) is 11.1. The van der Waals surface area contributed by atoms with Crippen molar-refractivity contribution in [3.63, 3.8) is 0 Å². The molecule has 0 aromatic heterocycles. The summed E-state index contributed by atoms with van der Waals surface area (Å²) < 4.78 is 46.8. The van der Waals surface area contributed by atoms with E-state index in [1.165, 1.54) is 24.3 Å². The van der Waals surface area contributed by atoms with Gasteiger partial charge in [-0.1, -0.05) is 47.5 Å². The first-order valence-corrected chi connectivity index (χ1v) is 10.1. The first-order valence-electron chi connectivity index (χ1n) is 9.38. The van der Waals surface area contributed by atoms with Gasteiger partial charge in [0.15, 0.2) is 0 Å². The van der Waals surface area contributed by atoms with Gasteiger partial charge in [0, 0.05) is 22.0 Å². The molecule has 0 atom stereocenters. The Balaban J connectivity index is 1.83. The summed E-state index contributed by atoms with van der Waals surface area (Å²) in [6, 6.07) is 15.6. The summed E-state index contributed by atoms with van der Waals surface area (Å²) in [5.41, 5.74) is 2.69. The molecular formula is C23H17Cl2F3O4. The fraction of sp³-hybridized carbons (Fsp3) is 0.174. The predicted octanol–water partition coefficient (Wildman–Crippen LogP) is 7.16. The van der Waals surface area contributed by atoms with Crippen molar-refractivity contribution in [1.29, 1.82) is 0 Å². The van der Waals surface area contributed by atoms with Crippen LogP contribution >= 0.6 is 23.2 Å². The molecule has 3 rings (SSSR count). The van der Waals surface area contributed by atoms with E-state index in [2.05, 4.69) is 4.74 Å². The van der Waals surface area contributed by atoms with E-state index in [9.17, 15) is 18.0 Å². The molecule has 0 heterocycles. The number of ether oxygens (including phenoxy) is 2. The second-order valence-electron chi connectivity index (χ2n) is 6.81. The average molecular weight is 485 g/mol. The maximum absolute atomic E-state index is 12.4. The molecule has 168 valence electrons. The molecule has 0 unspecified atom stereocenters. The van der Waals surface area contributed by atoms with E-state index in [-0.39, 0.29) is 25.2 Å². The SMILES string of the molecule is O=C(O)CCc1cc(-c2ccc(OC(F)(F)F)cc2)ccc1OCc1ccc(Cl)cc1Cl. The van der Waals surface area contributed by atoms with Gasteiger partial charge in [0.05, 0.1) is 0 Å². The number of carbonyl (C=O) groups is 1. The lowest BCUT2D eigenvalue weighted by atomic mass is 10.00. The summed E-state index contributed by atoms with van der Waals surface area (Å²) in [6.07, 6.45) is -4.67. The third kappa shape index (κ3) is 6.80. The van der Waals surface area contributed by atoms with Gasteiger partial charge in [-0.15, -0.1) is 13.2 Å². The molecule has 0 aliphatic rings. The lowest BCUT2D eigenvalue weighted by Crippen LogP contribution is -2.16. The highest BCUT2D eigenvalue weighted by molar-refractivity contribution is 6.35. The Hall–Kier alpha value is -2.90. The molecule has 1 N–H and O–H groups in total. The second-order valence-corrected chi connectivity index (χ2v) is 7.66. The van der Waals surface area contributed by atoms with Crippen LogP contribution in [0.5, 0.6) is 11.5 Å². The summed E-state index contributed by atoms with van der Waals surface area (Å²) >= 11 is 12.1. The largest absolute Gasteiger partial charge is 0.573 e. The van der Waals surface area contributed by atoms with Crippen molar-refractivity contribution in [3.8, 4) is 22.6 Å². The van der Waals surface area contributed by atoms with Gasteiger partial charge in [-0.3, -0.25) is 4.79 Å². The van der Waals surface area contributed by atoms with Gasteiger partial charge in [0.1, 0.15) is 18.1 Å². The number of rotatable bonds is 8. The quantitative estimate of drug-likeness (QED) is 0.368. The van der Waals surface area contributed by atoms with Gasteiger partial charge >= 0.3 is 12.3 Å². The highest BCUT2D eigenvalue weighted by Crippen LogP contribution is 2.31. The number of hydrogen-bond donors (Lipinski definition) is 1. The Bertz CT molecular complexity index is 1100. The second kappa shape index (κ2) is 10.1. The Kier molecular flexibility index (Phi) is 7.53. The minimum absolute atomic E-state index is 0.111. The predicted molar refractivity (Wildman–Crippen MR) is 115 cm³/mol. The van der Waals surface area contributed by atoms with Crippen LogP contribution in [0.3, 0.4) is 0 Å². The van der Waals surface area contributed by atoms with E-state index in [4.69, 9.17) is 33.0 Å². The van der Waals surface area contributed by atoms with Crippen LogP contribution < -0.4 is 9.47 Å². The number of carboxylic acids is 1. The van der Waals surface area contributed by atoms with Gasteiger partial charge < -0.3 is 14.6 Å². The monoisotopic (exact) mass is 484 g/mol. The molecule has 3 aromatic carbocycles. The molecule has 0 bridgehead atoms. The molecule has 32 heavy (non-hydrogen) atoms. The summed E-state index contributed by atoms with van der Waals surface area (Å²) in [6.45, 7) is 0.152. The van der Waals surface area contributed by atoms with Crippen LogP contribution in [0.1, 0.15) is 17.5 Å². The number of halogens is 5. The van der Waals surface area contributed by atoms with Gasteiger partial charge in [-0.25, -0.2) is 0 Å². The van der Waals surface area contributed by atoms with Crippen molar-refractivity contribution in [2.75, 3.05) is 0 Å². The zero-order valence-electron chi connectivity index (χ0n) is 16.5. The van der Waals surface area contributed by atoms with Crippen molar-refractivity contribution in [2.45, 2.75) is 25.8 Å². The van der Waals surface area contributed by atoms with Crippen molar-refractivity contribution in [3.05, 3.63) is 81.8 Å².